The van der Waals surface area contributed by atoms with Crippen LogP contribution in [0.15, 0.2) is 28.8 Å². The smallest absolute Gasteiger partial charge is 0.240 e. The molecule has 1 aromatic carbocycles. The SMILES string of the molecule is CN(C)c1cccc(C2CCCN2Cc2noc(CN)n2)c1.Cl.Cl. The van der Waals surface area contributed by atoms with Crippen molar-refractivity contribution in [3.63, 3.8) is 0 Å². The van der Waals surface area contributed by atoms with E-state index in [1.807, 2.05) is 0 Å². The van der Waals surface area contributed by atoms with Crippen LogP contribution in [-0.4, -0.2) is 35.7 Å². The van der Waals surface area contributed by atoms with Gasteiger partial charge in [-0.15, -0.1) is 24.8 Å². The predicted molar refractivity (Wildman–Crippen MR) is 99.8 cm³/mol. The van der Waals surface area contributed by atoms with Gasteiger partial charge in [-0.05, 0) is 37.1 Å². The van der Waals surface area contributed by atoms with Crippen LogP contribution in [0.1, 0.15) is 36.2 Å². The maximum atomic E-state index is 5.52. The lowest BCUT2D eigenvalue weighted by Gasteiger charge is -2.24. The van der Waals surface area contributed by atoms with E-state index in [0.717, 1.165) is 12.4 Å². The molecule has 1 saturated heterocycles. The average molecular weight is 374 g/mol. The molecule has 1 aromatic heterocycles. The summed E-state index contributed by atoms with van der Waals surface area (Å²) in [7, 11) is 4.14. The second-order valence-corrected chi connectivity index (χ2v) is 5.93. The van der Waals surface area contributed by atoms with Crippen LogP contribution in [-0.2, 0) is 13.1 Å². The molecule has 1 aliphatic heterocycles. The van der Waals surface area contributed by atoms with Crippen LogP contribution in [0.25, 0.3) is 0 Å². The molecule has 2 aromatic rings. The van der Waals surface area contributed by atoms with E-state index in [1.54, 1.807) is 0 Å². The second-order valence-electron chi connectivity index (χ2n) is 5.93. The number of anilines is 1. The summed E-state index contributed by atoms with van der Waals surface area (Å²) in [6, 6.07) is 9.15. The summed E-state index contributed by atoms with van der Waals surface area (Å²) in [6.07, 6.45) is 2.36. The topological polar surface area (TPSA) is 71.4 Å². The van der Waals surface area contributed by atoms with Crippen LogP contribution in [0.4, 0.5) is 5.69 Å². The van der Waals surface area contributed by atoms with Gasteiger partial charge < -0.3 is 15.2 Å². The summed E-state index contributed by atoms with van der Waals surface area (Å²) in [4.78, 5) is 8.86. The predicted octanol–water partition coefficient (Wildman–Crippen LogP) is 2.78. The zero-order chi connectivity index (χ0) is 15.5. The van der Waals surface area contributed by atoms with Gasteiger partial charge in [-0.25, -0.2) is 0 Å². The van der Waals surface area contributed by atoms with E-state index in [0.29, 0.717) is 25.0 Å². The normalized spacial score (nSPS) is 17.2. The minimum atomic E-state index is 0. The van der Waals surface area contributed by atoms with Crippen molar-refractivity contribution >= 4 is 30.5 Å². The highest BCUT2D eigenvalue weighted by Crippen LogP contribution is 2.34. The molecule has 0 spiro atoms. The lowest BCUT2D eigenvalue weighted by Crippen LogP contribution is -2.23. The molecule has 6 nitrogen and oxygen atoms in total. The zero-order valence-electron chi connectivity index (χ0n) is 14.0. The van der Waals surface area contributed by atoms with Crippen molar-refractivity contribution in [3.8, 4) is 0 Å². The Hall–Kier alpha value is -1.34. The number of benzene rings is 1. The summed E-state index contributed by atoms with van der Waals surface area (Å²) >= 11 is 0. The highest BCUT2D eigenvalue weighted by molar-refractivity contribution is 5.85. The fourth-order valence-corrected chi connectivity index (χ4v) is 3.02. The molecule has 1 atom stereocenters. The standard InChI is InChI=1S/C16H23N5O.2ClH/c1-20(2)13-6-3-5-12(9-13)14-7-4-8-21(14)11-15-18-16(10-17)22-19-15;;/h3,5-6,9,14H,4,7-8,10-11,17H2,1-2H3;2*1H. The van der Waals surface area contributed by atoms with E-state index in [4.69, 9.17) is 10.3 Å². The summed E-state index contributed by atoms with van der Waals surface area (Å²) in [5.41, 5.74) is 8.10. The molecule has 0 aliphatic carbocycles. The molecule has 134 valence electrons. The number of nitrogens with two attached hydrogens (primary N) is 1. The average Bonchev–Trinajstić information content (AvgIpc) is 3.17. The van der Waals surface area contributed by atoms with E-state index in [-0.39, 0.29) is 24.8 Å². The number of rotatable bonds is 5. The number of nitrogens with zero attached hydrogens (tertiary/aromatic N) is 4. The van der Waals surface area contributed by atoms with E-state index in [1.165, 1.54) is 24.1 Å². The summed E-state index contributed by atoms with van der Waals surface area (Å²) in [6.45, 7) is 2.06. The molecule has 1 fully saturated rings. The maximum absolute atomic E-state index is 5.52. The van der Waals surface area contributed by atoms with Gasteiger partial charge in [0, 0.05) is 25.8 Å². The highest BCUT2D eigenvalue weighted by Gasteiger charge is 2.27. The number of likely N-dealkylation sites (tertiary alicyclic amines) is 1. The fraction of sp³-hybridized carbons (Fsp3) is 0.500. The molecule has 0 saturated carbocycles. The second kappa shape index (κ2) is 9.22. The van der Waals surface area contributed by atoms with Crippen LogP contribution in [0.3, 0.4) is 0 Å². The van der Waals surface area contributed by atoms with E-state index in [9.17, 15) is 0 Å². The van der Waals surface area contributed by atoms with Crippen LogP contribution < -0.4 is 10.6 Å². The van der Waals surface area contributed by atoms with Gasteiger partial charge in [-0.3, -0.25) is 4.90 Å². The van der Waals surface area contributed by atoms with Crippen molar-refractivity contribution in [2.45, 2.75) is 32.0 Å². The third kappa shape index (κ3) is 4.60. The van der Waals surface area contributed by atoms with Crippen molar-refractivity contribution in [2.75, 3.05) is 25.5 Å². The Bertz CT molecular complexity index is 634. The molecule has 8 heteroatoms. The van der Waals surface area contributed by atoms with Gasteiger partial charge >= 0.3 is 0 Å². The van der Waals surface area contributed by atoms with Gasteiger partial charge in [0.2, 0.25) is 5.89 Å². The van der Waals surface area contributed by atoms with Crippen LogP contribution >= 0.6 is 24.8 Å². The third-order valence-corrected chi connectivity index (χ3v) is 4.16. The van der Waals surface area contributed by atoms with Gasteiger partial charge in [0.05, 0.1) is 13.1 Å². The maximum Gasteiger partial charge on any atom is 0.240 e. The van der Waals surface area contributed by atoms with Gasteiger partial charge in [0.15, 0.2) is 5.82 Å². The third-order valence-electron chi connectivity index (χ3n) is 4.16. The Morgan fingerprint density at radius 3 is 2.79 bits per heavy atom. The molecular weight excluding hydrogens is 349 g/mol. The van der Waals surface area contributed by atoms with Crippen molar-refractivity contribution in [1.82, 2.24) is 15.0 Å². The Balaban J connectivity index is 0.00000144. The first-order valence-corrected chi connectivity index (χ1v) is 7.70. The number of hydrogen-bond donors (Lipinski definition) is 1. The number of aromatic nitrogens is 2. The fourth-order valence-electron chi connectivity index (χ4n) is 3.02. The highest BCUT2D eigenvalue weighted by atomic mass is 35.5. The Morgan fingerprint density at radius 1 is 1.33 bits per heavy atom. The largest absolute Gasteiger partial charge is 0.378 e. The lowest BCUT2D eigenvalue weighted by molar-refractivity contribution is 0.238. The van der Waals surface area contributed by atoms with E-state index >= 15 is 0 Å². The van der Waals surface area contributed by atoms with Gasteiger partial charge in [-0.2, -0.15) is 4.98 Å². The Morgan fingerprint density at radius 2 is 2.12 bits per heavy atom. The summed E-state index contributed by atoms with van der Waals surface area (Å²) in [5, 5.41) is 4.01. The molecule has 0 radical (unpaired) electrons. The monoisotopic (exact) mass is 373 g/mol. The summed E-state index contributed by atoms with van der Waals surface area (Å²) < 4.78 is 5.10. The molecule has 2 heterocycles. The van der Waals surface area contributed by atoms with Crippen molar-refractivity contribution < 1.29 is 4.52 Å². The molecule has 1 unspecified atom stereocenters. The van der Waals surface area contributed by atoms with Gasteiger partial charge in [-0.1, -0.05) is 17.3 Å². The molecule has 24 heavy (non-hydrogen) atoms. The summed E-state index contributed by atoms with van der Waals surface area (Å²) in [5.74, 6) is 1.22. The van der Waals surface area contributed by atoms with Crippen molar-refractivity contribution in [2.24, 2.45) is 5.73 Å². The quantitative estimate of drug-likeness (QED) is 0.868. The molecule has 1 aliphatic rings. The van der Waals surface area contributed by atoms with Crippen LogP contribution in [0.5, 0.6) is 0 Å². The molecule has 2 N–H and O–H groups in total. The Labute approximate surface area is 155 Å². The molecule has 3 rings (SSSR count). The molecular formula is C16H25Cl2N5O. The van der Waals surface area contributed by atoms with Crippen LogP contribution in [0, 0.1) is 0 Å². The molecule has 0 amide bonds. The van der Waals surface area contributed by atoms with Crippen LogP contribution in [0.2, 0.25) is 0 Å². The van der Waals surface area contributed by atoms with Crippen molar-refractivity contribution in [3.05, 3.63) is 41.5 Å². The first-order chi connectivity index (χ1) is 10.7. The lowest BCUT2D eigenvalue weighted by atomic mass is 10.0. The number of halogens is 2. The van der Waals surface area contributed by atoms with Crippen molar-refractivity contribution in [1.29, 1.82) is 0 Å². The minimum Gasteiger partial charge on any atom is -0.378 e. The first kappa shape index (κ1) is 20.7. The van der Waals surface area contributed by atoms with E-state index < -0.39 is 0 Å². The first-order valence-electron chi connectivity index (χ1n) is 7.70. The minimum absolute atomic E-state index is 0. The molecule has 0 bridgehead atoms. The van der Waals surface area contributed by atoms with E-state index in [2.05, 4.69) is 58.3 Å². The number of hydrogen-bond acceptors (Lipinski definition) is 6. The zero-order valence-corrected chi connectivity index (χ0v) is 15.6. The Kier molecular flexibility index (Phi) is 7.96. The van der Waals surface area contributed by atoms with Gasteiger partial charge in [0.25, 0.3) is 0 Å². The van der Waals surface area contributed by atoms with Gasteiger partial charge in [0.1, 0.15) is 0 Å².